The Hall–Kier alpha value is -2.02. The third kappa shape index (κ3) is 4.93. The van der Waals surface area contributed by atoms with Gasteiger partial charge in [0.2, 0.25) is 10.0 Å². The molecule has 108 valence electrons. The Morgan fingerprint density at radius 3 is 2.45 bits per heavy atom. The molecule has 1 aromatic heterocycles. The van der Waals surface area contributed by atoms with Crippen molar-refractivity contribution in [2.45, 2.75) is 20.8 Å². The van der Waals surface area contributed by atoms with Gasteiger partial charge in [-0.05, 0) is 26.8 Å². The van der Waals surface area contributed by atoms with Crippen LogP contribution < -0.4 is 4.72 Å². The van der Waals surface area contributed by atoms with Gasteiger partial charge >= 0.3 is 0 Å². The van der Waals surface area contributed by atoms with Crippen LogP contribution in [0.5, 0.6) is 0 Å². The first-order chi connectivity index (χ1) is 9.20. The first-order valence-electron chi connectivity index (χ1n) is 5.86. The van der Waals surface area contributed by atoms with Crippen molar-refractivity contribution >= 4 is 21.6 Å². The molecule has 0 atom stereocenters. The number of nitrogens with zero attached hydrogens (tertiary/aromatic N) is 2. The molecule has 0 saturated carbocycles. The number of carbonyl (C=O) groups is 1. The van der Waals surface area contributed by atoms with Crippen LogP contribution in [-0.4, -0.2) is 31.3 Å². The predicted molar refractivity (Wildman–Crippen MR) is 77.8 cm³/mol. The van der Waals surface area contributed by atoms with Gasteiger partial charge in [0.15, 0.2) is 0 Å². The fourth-order valence-electron chi connectivity index (χ4n) is 1.39. The number of hydrogen-bond donors (Lipinski definition) is 1. The number of amides is 1. The number of nitrogens with one attached hydrogen (secondary N) is 1. The number of rotatable bonds is 4. The van der Waals surface area contributed by atoms with E-state index in [4.69, 9.17) is 0 Å². The van der Waals surface area contributed by atoms with Gasteiger partial charge in [-0.25, -0.2) is 13.1 Å². The number of allylic oxidation sites excluding steroid dienone is 1. The van der Waals surface area contributed by atoms with Crippen LogP contribution in [0.2, 0.25) is 0 Å². The molecule has 0 radical (unpaired) electrons. The SMILES string of the molecule is C/C(=N\C(C)=C(/C)C(=O)NS(C)(=O)=O)c1cccnc1. The summed E-state index contributed by atoms with van der Waals surface area (Å²) >= 11 is 0. The average Bonchev–Trinajstić information content (AvgIpc) is 2.36. The van der Waals surface area contributed by atoms with Crippen molar-refractivity contribution in [3.63, 3.8) is 0 Å². The lowest BCUT2D eigenvalue weighted by Crippen LogP contribution is -2.30. The van der Waals surface area contributed by atoms with Gasteiger partial charge in [0.1, 0.15) is 0 Å². The zero-order chi connectivity index (χ0) is 15.3. The Morgan fingerprint density at radius 1 is 1.30 bits per heavy atom. The second-order valence-corrected chi connectivity index (χ2v) is 6.10. The van der Waals surface area contributed by atoms with Crippen LogP contribution in [0.3, 0.4) is 0 Å². The molecule has 7 heteroatoms. The highest BCUT2D eigenvalue weighted by Gasteiger charge is 2.12. The Balaban J connectivity index is 3.01. The van der Waals surface area contributed by atoms with Crippen molar-refractivity contribution < 1.29 is 13.2 Å². The molecule has 0 spiro atoms. The number of hydrogen-bond acceptors (Lipinski definition) is 5. The van der Waals surface area contributed by atoms with Crippen LogP contribution in [0.15, 0.2) is 40.8 Å². The Bertz CT molecular complexity index is 661. The standard InChI is InChI=1S/C13H17N3O3S/c1-9(13(17)16-20(4,18)19)10(2)15-11(3)12-6-5-7-14-8-12/h5-8H,1-4H3,(H,16,17)/b10-9+,15-11+. The summed E-state index contributed by atoms with van der Waals surface area (Å²) in [6.45, 7) is 4.97. The molecule has 0 unspecified atom stereocenters. The monoisotopic (exact) mass is 295 g/mol. The smallest absolute Gasteiger partial charge is 0.262 e. The molecule has 1 N–H and O–H groups in total. The molecule has 1 heterocycles. The molecule has 0 aliphatic carbocycles. The summed E-state index contributed by atoms with van der Waals surface area (Å²) < 4.78 is 23.9. The van der Waals surface area contributed by atoms with Crippen LogP contribution in [0.25, 0.3) is 0 Å². The minimum absolute atomic E-state index is 0.249. The van der Waals surface area contributed by atoms with E-state index >= 15 is 0 Å². The van der Waals surface area contributed by atoms with E-state index in [2.05, 4.69) is 9.98 Å². The van der Waals surface area contributed by atoms with Crippen LogP contribution in [0.4, 0.5) is 0 Å². The van der Waals surface area contributed by atoms with E-state index in [0.29, 0.717) is 11.4 Å². The van der Waals surface area contributed by atoms with Crippen molar-refractivity contribution in [1.29, 1.82) is 0 Å². The highest BCUT2D eigenvalue weighted by molar-refractivity contribution is 7.89. The van der Waals surface area contributed by atoms with Crippen molar-refractivity contribution in [3.05, 3.63) is 41.4 Å². The number of sulfonamides is 1. The zero-order valence-corrected chi connectivity index (χ0v) is 12.7. The molecular formula is C13H17N3O3S. The first-order valence-corrected chi connectivity index (χ1v) is 7.75. The maximum Gasteiger partial charge on any atom is 0.262 e. The highest BCUT2D eigenvalue weighted by Crippen LogP contribution is 2.09. The van der Waals surface area contributed by atoms with E-state index in [0.717, 1.165) is 11.8 Å². The summed E-state index contributed by atoms with van der Waals surface area (Å²) in [6, 6.07) is 3.64. The minimum Gasteiger partial charge on any atom is -0.269 e. The maximum absolute atomic E-state index is 11.7. The summed E-state index contributed by atoms with van der Waals surface area (Å²) in [5.41, 5.74) is 2.23. The Labute approximate surface area is 118 Å². The summed E-state index contributed by atoms with van der Waals surface area (Å²) in [6.07, 6.45) is 4.25. The Morgan fingerprint density at radius 2 is 1.95 bits per heavy atom. The van der Waals surface area contributed by atoms with Gasteiger partial charge in [0.05, 0.1) is 6.26 Å². The second-order valence-electron chi connectivity index (χ2n) is 4.35. The number of pyridine rings is 1. The molecule has 1 aromatic rings. The molecule has 1 rings (SSSR count). The molecule has 6 nitrogen and oxygen atoms in total. The van der Waals surface area contributed by atoms with E-state index in [1.807, 2.05) is 10.8 Å². The van der Waals surface area contributed by atoms with Crippen molar-refractivity contribution in [1.82, 2.24) is 9.71 Å². The van der Waals surface area contributed by atoms with Crippen LogP contribution >= 0.6 is 0 Å². The summed E-state index contributed by atoms with van der Waals surface area (Å²) in [5.74, 6) is -0.673. The fourth-order valence-corrected chi connectivity index (χ4v) is 1.88. The van der Waals surface area contributed by atoms with Gasteiger partial charge < -0.3 is 0 Å². The van der Waals surface area contributed by atoms with Gasteiger partial charge in [-0.15, -0.1) is 0 Å². The van der Waals surface area contributed by atoms with Gasteiger partial charge in [-0.1, -0.05) is 6.07 Å². The van der Waals surface area contributed by atoms with E-state index in [1.165, 1.54) is 6.92 Å². The van der Waals surface area contributed by atoms with Crippen LogP contribution in [0, 0.1) is 0 Å². The van der Waals surface area contributed by atoms with Crippen LogP contribution in [0.1, 0.15) is 26.3 Å². The third-order valence-corrected chi connectivity index (χ3v) is 3.13. The van der Waals surface area contributed by atoms with E-state index in [9.17, 15) is 13.2 Å². The first kappa shape index (κ1) is 16.0. The third-order valence-electron chi connectivity index (χ3n) is 2.58. The summed E-state index contributed by atoms with van der Waals surface area (Å²) in [4.78, 5) is 20.0. The lowest BCUT2D eigenvalue weighted by Gasteiger charge is -2.06. The zero-order valence-electron chi connectivity index (χ0n) is 11.8. The molecular weight excluding hydrogens is 278 g/mol. The fraction of sp³-hybridized carbons (Fsp3) is 0.308. The minimum atomic E-state index is -3.57. The molecule has 0 saturated heterocycles. The van der Waals surface area contributed by atoms with Gasteiger partial charge in [-0.2, -0.15) is 0 Å². The van der Waals surface area contributed by atoms with Gasteiger partial charge in [0, 0.05) is 34.9 Å². The number of aliphatic imine (C=N–C) groups is 1. The molecule has 0 fully saturated rings. The topological polar surface area (TPSA) is 88.5 Å². The van der Waals surface area contributed by atoms with Crippen molar-refractivity contribution in [2.75, 3.05) is 6.26 Å². The highest BCUT2D eigenvalue weighted by atomic mass is 32.2. The van der Waals surface area contributed by atoms with E-state index in [-0.39, 0.29) is 5.57 Å². The lowest BCUT2D eigenvalue weighted by atomic mass is 10.2. The molecule has 0 aromatic carbocycles. The maximum atomic E-state index is 11.7. The van der Waals surface area contributed by atoms with Crippen molar-refractivity contribution in [3.8, 4) is 0 Å². The van der Waals surface area contributed by atoms with Crippen molar-refractivity contribution in [2.24, 2.45) is 4.99 Å². The molecule has 0 aliphatic heterocycles. The number of aromatic nitrogens is 1. The van der Waals surface area contributed by atoms with Crippen LogP contribution in [-0.2, 0) is 14.8 Å². The quantitative estimate of drug-likeness (QED) is 0.669. The second kappa shape index (κ2) is 6.42. The molecule has 0 bridgehead atoms. The van der Waals surface area contributed by atoms with E-state index in [1.54, 1.807) is 32.3 Å². The van der Waals surface area contributed by atoms with Gasteiger partial charge in [-0.3, -0.25) is 14.8 Å². The number of carbonyl (C=O) groups excluding carboxylic acids is 1. The van der Waals surface area contributed by atoms with Gasteiger partial charge in [0.25, 0.3) is 5.91 Å². The normalized spacial score (nSPS) is 13.7. The molecule has 20 heavy (non-hydrogen) atoms. The largest absolute Gasteiger partial charge is 0.269 e. The molecule has 1 amide bonds. The Kier molecular flexibility index (Phi) is 5.15. The summed E-state index contributed by atoms with van der Waals surface area (Å²) in [7, 11) is -3.57. The lowest BCUT2D eigenvalue weighted by molar-refractivity contribution is -0.115. The summed E-state index contributed by atoms with van der Waals surface area (Å²) in [5, 5.41) is 0. The molecule has 0 aliphatic rings. The predicted octanol–water partition coefficient (Wildman–Crippen LogP) is 1.26. The average molecular weight is 295 g/mol. The van der Waals surface area contributed by atoms with E-state index < -0.39 is 15.9 Å².